The zero-order valence-corrected chi connectivity index (χ0v) is 15.4. The van der Waals surface area contributed by atoms with Gasteiger partial charge in [-0.2, -0.15) is 0 Å². The van der Waals surface area contributed by atoms with Gasteiger partial charge in [0, 0.05) is 44.5 Å². The summed E-state index contributed by atoms with van der Waals surface area (Å²) in [6.45, 7) is 8.27. The second kappa shape index (κ2) is 8.75. The lowest BCUT2D eigenvalue weighted by atomic mass is 10.2. The first-order valence-electron chi connectivity index (χ1n) is 9.09. The fourth-order valence-corrected chi connectivity index (χ4v) is 2.96. The van der Waals surface area contributed by atoms with Crippen molar-refractivity contribution in [1.82, 2.24) is 24.4 Å². The lowest BCUT2D eigenvalue weighted by Gasteiger charge is -2.26. The van der Waals surface area contributed by atoms with E-state index >= 15 is 0 Å². The predicted molar refractivity (Wildman–Crippen MR) is 98.2 cm³/mol. The van der Waals surface area contributed by atoms with Crippen molar-refractivity contribution < 1.29 is 9.53 Å². The van der Waals surface area contributed by atoms with Crippen LogP contribution in [-0.2, 0) is 11.3 Å². The van der Waals surface area contributed by atoms with Gasteiger partial charge >= 0.3 is 0 Å². The Hall–Kier alpha value is -2.48. The number of aromatic nitrogens is 4. The minimum atomic E-state index is -0.0931. The summed E-state index contributed by atoms with van der Waals surface area (Å²) >= 11 is 0. The first-order valence-corrected chi connectivity index (χ1v) is 9.09. The number of nitrogens with one attached hydrogen (secondary N) is 1. The second-order valence-electron chi connectivity index (χ2n) is 6.61. The molecule has 3 heterocycles. The molecule has 0 atom stereocenters. The first-order chi connectivity index (χ1) is 12.6. The number of hydrogen-bond acceptors (Lipinski definition) is 6. The van der Waals surface area contributed by atoms with Gasteiger partial charge in [-0.15, -0.1) is 0 Å². The van der Waals surface area contributed by atoms with E-state index in [9.17, 15) is 4.79 Å². The largest absolute Gasteiger partial charge is 0.378 e. The summed E-state index contributed by atoms with van der Waals surface area (Å²) in [5.74, 6) is 2.04. The average molecular weight is 358 g/mol. The summed E-state index contributed by atoms with van der Waals surface area (Å²) in [5.41, 5.74) is 0.369. The number of carbonyl (C=O) groups is 1. The Kier molecular flexibility index (Phi) is 6.17. The zero-order chi connectivity index (χ0) is 18.4. The molecular formula is C18H26N6O2. The molecule has 0 aliphatic carbocycles. The lowest BCUT2D eigenvalue weighted by Crippen LogP contribution is -2.41. The summed E-state index contributed by atoms with van der Waals surface area (Å²) < 4.78 is 7.46. The Morgan fingerprint density at radius 3 is 2.88 bits per heavy atom. The van der Waals surface area contributed by atoms with E-state index in [1.54, 1.807) is 11.1 Å². The average Bonchev–Trinajstić information content (AvgIpc) is 3.14. The van der Waals surface area contributed by atoms with Gasteiger partial charge in [-0.3, -0.25) is 9.78 Å². The summed E-state index contributed by atoms with van der Waals surface area (Å²) in [7, 11) is 0. The van der Waals surface area contributed by atoms with Crippen molar-refractivity contribution in [3.63, 3.8) is 0 Å². The molecule has 1 N–H and O–H groups in total. The zero-order valence-electron chi connectivity index (χ0n) is 15.4. The van der Waals surface area contributed by atoms with Crippen molar-refractivity contribution in [2.24, 2.45) is 0 Å². The quantitative estimate of drug-likeness (QED) is 0.759. The third-order valence-corrected chi connectivity index (χ3v) is 4.30. The Morgan fingerprint density at radius 2 is 2.12 bits per heavy atom. The predicted octanol–water partition coefficient (Wildman–Crippen LogP) is 1.77. The monoisotopic (exact) mass is 358 g/mol. The molecule has 140 valence electrons. The molecule has 2 aromatic rings. The number of morpholine rings is 1. The number of carbonyl (C=O) groups excluding carboxylic acids is 1. The van der Waals surface area contributed by atoms with Crippen LogP contribution in [-0.4, -0.2) is 63.2 Å². The lowest BCUT2D eigenvalue weighted by molar-refractivity contribution is 0.0299. The summed E-state index contributed by atoms with van der Waals surface area (Å²) in [6.07, 6.45) is 7.95. The van der Waals surface area contributed by atoms with Gasteiger partial charge in [0.2, 0.25) is 0 Å². The molecule has 0 radical (unpaired) electrons. The maximum atomic E-state index is 12.5. The Bertz CT molecular complexity index is 724. The van der Waals surface area contributed by atoms with E-state index in [0.29, 0.717) is 43.7 Å². The smallest absolute Gasteiger partial charge is 0.274 e. The van der Waals surface area contributed by atoms with E-state index in [4.69, 9.17) is 4.74 Å². The topological polar surface area (TPSA) is 85.2 Å². The molecule has 2 aromatic heterocycles. The highest BCUT2D eigenvalue weighted by Crippen LogP contribution is 2.12. The van der Waals surface area contributed by atoms with Gasteiger partial charge in [0.15, 0.2) is 0 Å². The molecule has 1 saturated heterocycles. The van der Waals surface area contributed by atoms with E-state index in [-0.39, 0.29) is 5.91 Å². The van der Waals surface area contributed by atoms with E-state index in [1.807, 2.05) is 12.4 Å². The number of ether oxygens (including phenoxy) is 1. The normalized spacial score (nSPS) is 14.7. The maximum Gasteiger partial charge on any atom is 0.274 e. The van der Waals surface area contributed by atoms with Crippen LogP contribution >= 0.6 is 0 Å². The number of hydrogen-bond donors (Lipinski definition) is 1. The summed E-state index contributed by atoms with van der Waals surface area (Å²) in [4.78, 5) is 27.2. The molecule has 0 bridgehead atoms. The van der Waals surface area contributed by atoms with Gasteiger partial charge in [-0.25, -0.2) is 9.97 Å². The van der Waals surface area contributed by atoms with Crippen molar-refractivity contribution >= 4 is 11.7 Å². The highest BCUT2D eigenvalue weighted by molar-refractivity contribution is 5.92. The molecule has 1 amide bonds. The number of aryl methyl sites for hydroxylation is 1. The Morgan fingerprint density at radius 1 is 1.31 bits per heavy atom. The van der Waals surface area contributed by atoms with Gasteiger partial charge in [0.25, 0.3) is 5.91 Å². The minimum absolute atomic E-state index is 0.0931. The van der Waals surface area contributed by atoms with Gasteiger partial charge in [0.1, 0.15) is 17.3 Å². The molecular weight excluding hydrogens is 332 g/mol. The Labute approximate surface area is 153 Å². The van der Waals surface area contributed by atoms with E-state index < -0.39 is 0 Å². The van der Waals surface area contributed by atoms with Crippen molar-refractivity contribution in [3.8, 4) is 0 Å². The van der Waals surface area contributed by atoms with Crippen molar-refractivity contribution in [2.45, 2.75) is 32.7 Å². The SMILES string of the molecule is CC(C)c1nccn1CCCNc1cncc(C(=O)N2CCOCC2)n1. The Balaban J connectivity index is 1.51. The van der Waals surface area contributed by atoms with Crippen molar-refractivity contribution in [2.75, 3.05) is 38.2 Å². The van der Waals surface area contributed by atoms with Gasteiger partial charge < -0.3 is 19.5 Å². The van der Waals surface area contributed by atoms with E-state index in [1.165, 1.54) is 6.20 Å². The number of rotatable bonds is 7. The minimum Gasteiger partial charge on any atom is -0.378 e. The maximum absolute atomic E-state index is 12.5. The molecule has 3 rings (SSSR count). The van der Waals surface area contributed by atoms with Crippen LogP contribution in [0.3, 0.4) is 0 Å². The molecule has 8 heteroatoms. The molecule has 8 nitrogen and oxygen atoms in total. The number of anilines is 1. The third-order valence-electron chi connectivity index (χ3n) is 4.30. The molecule has 26 heavy (non-hydrogen) atoms. The van der Waals surface area contributed by atoms with Gasteiger partial charge in [-0.1, -0.05) is 13.8 Å². The molecule has 1 aliphatic heterocycles. The molecule has 0 aromatic carbocycles. The number of nitrogens with zero attached hydrogens (tertiary/aromatic N) is 5. The highest BCUT2D eigenvalue weighted by atomic mass is 16.5. The fourth-order valence-electron chi connectivity index (χ4n) is 2.96. The van der Waals surface area contributed by atoms with Crippen LogP contribution in [0.15, 0.2) is 24.8 Å². The van der Waals surface area contributed by atoms with Crippen LogP contribution in [0.5, 0.6) is 0 Å². The van der Waals surface area contributed by atoms with Crippen LogP contribution in [0.2, 0.25) is 0 Å². The molecule has 1 aliphatic rings. The standard InChI is InChI=1S/C18H26N6O2/c1-14(2)17-21-5-7-23(17)6-3-4-20-16-13-19-12-15(22-16)18(25)24-8-10-26-11-9-24/h5,7,12-14H,3-4,6,8-11H2,1-2H3,(H,20,22). The molecule has 0 spiro atoms. The number of imidazole rings is 1. The van der Waals surface area contributed by atoms with Crippen LogP contribution in [0.4, 0.5) is 5.82 Å². The molecule has 0 unspecified atom stereocenters. The van der Waals surface area contributed by atoms with E-state index in [0.717, 1.165) is 25.3 Å². The second-order valence-corrected chi connectivity index (χ2v) is 6.61. The first kappa shape index (κ1) is 18.3. The van der Waals surface area contributed by atoms with Crippen LogP contribution in [0.25, 0.3) is 0 Å². The fraction of sp³-hybridized carbons (Fsp3) is 0.556. The van der Waals surface area contributed by atoms with Crippen LogP contribution in [0.1, 0.15) is 42.5 Å². The molecule has 0 saturated carbocycles. The van der Waals surface area contributed by atoms with Gasteiger partial charge in [0.05, 0.1) is 25.6 Å². The third kappa shape index (κ3) is 4.57. The van der Waals surface area contributed by atoms with Crippen molar-refractivity contribution in [1.29, 1.82) is 0 Å². The summed E-state index contributed by atoms with van der Waals surface area (Å²) in [6, 6.07) is 0. The molecule has 1 fully saturated rings. The van der Waals surface area contributed by atoms with Gasteiger partial charge in [-0.05, 0) is 6.42 Å². The number of amides is 1. The van der Waals surface area contributed by atoms with Crippen LogP contribution < -0.4 is 5.32 Å². The highest BCUT2D eigenvalue weighted by Gasteiger charge is 2.20. The van der Waals surface area contributed by atoms with Crippen molar-refractivity contribution in [3.05, 3.63) is 36.3 Å². The van der Waals surface area contributed by atoms with Crippen LogP contribution in [0, 0.1) is 0 Å². The van der Waals surface area contributed by atoms with E-state index in [2.05, 4.69) is 38.7 Å². The summed E-state index contributed by atoms with van der Waals surface area (Å²) in [5, 5.41) is 3.25.